The summed E-state index contributed by atoms with van der Waals surface area (Å²) in [5.41, 5.74) is 0.146. The van der Waals surface area contributed by atoms with E-state index in [9.17, 15) is 9.59 Å². The summed E-state index contributed by atoms with van der Waals surface area (Å²) in [5.74, 6) is -1.53. The highest BCUT2D eigenvalue weighted by Gasteiger charge is 2.19. The summed E-state index contributed by atoms with van der Waals surface area (Å²) >= 11 is 1.50. The Morgan fingerprint density at radius 2 is 1.95 bits per heavy atom. The van der Waals surface area contributed by atoms with Gasteiger partial charge in [0.25, 0.3) is 5.91 Å². The van der Waals surface area contributed by atoms with Gasteiger partial charge in [0.15, 0.2) is 0 Å². The number of rotatable bonds is 4. The molecule has 0 saturated heterocycles. The van der Waals surface area contributed by atoms with Crippen LogP contribution >= 0.6 is 11.3 Å². The van der Waals surface area contributed by atoms with Gasteiger partial charge in [-0.05, 0) is 26.0 Å². The second-order valence-corrected chi connectivity index (χ2v) is 5.62. The number of hydrogen-bond donors (Lipinski definition) is 2. The molecule has 0 saturated carbocycles. The monoisotopic (exact) mass is 290 g/mol. The molecule has 6 heteroatoms. The Kier molecular flexibility index (Phi) is 4.14. The number of nitrogens with one attached hydrogen (secondary N) is 1. The van der Waals surface area contributed by atoms with Crippen molar-refractivity contribution >= 4 is 23.2 Å². The van der Waals surface area contributed by atoms with E-state index < -0.39 is 11.9 Å². The van der Waals surface area contributed by atoms with Crippen LogP contribution in [0.5, 0.6) is 0 Å². The summed E-state index contributed by atoms with van der Waals surface area (Å²) in [4.78, 5) is 28.5. The van der Waals surface area contributed by atoms with Crippen LogP contribution in [0.2, 0.25) is 0 Å². The lowest BCUT2D eigenvalue weighted by Crippen LogP contribution is -2.28. The average molecular weight is 290 g/mol. The Morgan fingerprint density at radius 1 is 1.30 bits per heavy atom. The van der Waals surface area contributed by atoms with Crippen LogP contribution in [0.1, 0.15) is 43.6 Å². The normalized spacial score (nSPS) is 11.9. The van der Waals surface area contributed by atoms with Crippen molar-refractivity contribution in [1.82, 2.24) is 10.3 Å². The fourth-order valence-electron chi connectivity index (χ4n) is 1.78. The van der Waals surface area contributed by atoms with Crippen LogP contribution in [0.4, 0.5) is 0 Å². The molecule has 1 heterocycles. The maximum absolute atomic E-state index is 12.2. The Morgan fingerprint density at radius 3 is 2.50 bits per heavy atom. The lowest BCUT2D eigenvalue weighted by Gasteiger charge is -2.12. The number of aryl methyl sites for hydroxylation is 1. The summed E-state index contributed by atoms with van der Waals surface area (Å²) in [6.45, 7) is 3.76. The summed E-state index contributed by atoms with van der Waals surface area (Å²) in [7, 11) is 0. The van der Waals surface area contributed by atoms with Crippen LogP contribution in [-0.2, 0) is 0 Å². The van der Waals surface area contributed by atoms with Crippen molar-refractivity contribution < 1.29 is 14.7 Å². The van der Waals surface area contributed by atoms with Crippen molar-refractivity contribution in [3.63, 3.8) is 0 Å². The van der Waals surface area contributed by atoms with E-state index in [1.165, 1.54) is 23.5 Å². The summed E-state index contributed by atoms with van der Waals surface area (Å²) in [5, 5.41) is 12.6. The Bertz CT molecular complexity index is 651. The number of hydrogen-bond acceptors (Lipinski definition) is 4. The van der Waals surface area contributed by atoms with Gasteiger partial charge < -0.3 is 10.4 Å². The van der Waals surface area contributed by atoms with Crippen LogP contribution in [0.25, 0.3) is 0 Å². The molecule has 5 nitrogen and oxygen atoms in total. The zero-order chi connectivity index (χ0) is 14.7. The molecule has 0 aliphatic heterocycles. The lowest BCUT2D eigenvalue weighted by atomic mass is 10.1. The first-order valence-corrected chi connectivity index (χ1v) is 6.86. The Hall–Kier alpha value is -2.21. The number of amides is 1. The third-order valence-electron chi connectivity index (χ3n) is 2.76. The van der Waals surface area contributed by atoms with Crippen molar-refractivity contribution in [3.05, 3.63) is 51.5 Å². The number of benzene rings is 1. The highest BCUT2D eigenvalue weighted by molar-refractivity contribution is 7.11. The zero-order valence-corrected chi connectivity index (χ0v) is 11.9. The zero-order valence-electron chi connectivity index (χ0n) is 11.1. The molecule has 0 radical (unpaired) electrons. The van der Waals surface area contributed by atoms with E-state index in [0.717, 1.165) is 9.88 Å². The smallest absolute Gasteiger partial charge is 0.336 e. The van der Waals surface area contributed by atoms with E-state index in [2.05, 4.69) is 10.3 Å². The molecule has 104 valence electrons. The molecule has 1 aromatic heterocycles. The lowest BCUT2D eigenvalue weighted by molar-refractivity contribution is 0.0690. The highest BCUT2D eigenvalue weighted by atomic mass is 32.1. The third-order valence-corrected chi connectivity index (χ3v) is 3.85. The number of carbonyl (C=O) groups excluding carboxylic acids is 1. The average Bonchev–Trinajstić information content (AvgIpc) is 2.85. The molecule has 2 rings (SSSR count). The third kappa shape index (κ3) is 3.03. The summed E-state index contributed by atoms with van der Waals surface area (Å²) in [6, 6.07) is 5.88. The molecule has 2 N–H and O–H groups in total. The minimum atomic E-state index is -1.12. The minimum Gasteiger partial charge on any atom is -0.478 e. The number of aromatic carboxylic acids is 1. The van der Waals surface area contributed by atoms with Crippen molar-refractivity contribution in [1.29, 1.82) is 0 Å². The number of carbonyl (C=O) groups is 2. The van der Waals surface area contributed by atoms with Crippen LogP contribution in [-0.4, -0.2) is 22.0 Å². The van der Waals surface area contributed by atoms with Gasteiger partial charge in [0.2, 0.25) is 0 Å². The van der Waals surface area contributed by atoms with E-state index >= 15 is 0 Å². The number of carboxylic acid groups (broad SMARTS) is 1. The van der Waals surface area contributed by atoms with Gasteiger partial charge in [0, 0.05) is 11.1 Å². The van der Waals surface area contributed by atoms with Crippen molar-refractivity contribution in [2.45, 2.75) is 19.9 Å². The first-order valence-electron chi connectivity index (χ1n) is 6.04. The highest BCUT2D eigenvalue weighted by Crippen LogP contribution is 2.19. The van der Waals surface area contributed by atoms with Gasteiger partial charge in [-0.2, -0.15) is 0 Å². The van der Waals surface area contributed by atoms with Crippen LogP contribution < -0.4 is 5.32 Å². The van der Waals surface area contributed by atoms with E-state index in [4.69, 9.17) is 5.11 Å². The molecular weight excluding hydrogens is 276 g/mol. The SMILES string of the molecule is Cc1cnc(C(C)NC(=O)c2ccccc2C(=O)O)s1. The van der Waals surface area contributed by atoms with E-state index in [1.807, 2.05) is 13.8 Å². The van der Waals surface area contributed by atoms with Crippen molar-refractivity contribution in [2.24, 2.45) is 0 Å². The fourth-order valence-corrected chi connectivity index (χ4v) is 2.55. The summed E-state index contributed by atoms with van der Waals surface area (Å²) in [6.07, 6.45) is 1.74. The van der Waals surface area contributed by atoms with Gasteiger partial charge >= 0.3 is 5.97 Å². The molecule has 1 amide bonds. The van der Waals surface area contributed by atoms with Crippen molar-refractivity contribution in [2.75, 3.05) is 0 Å². The molecule has 1 unspecified atom stereocenters. The molecule has 0 spiro atoms. The maximum atomic E-state index is 12.2. The molecule has 20 heavy (non-hydrogen) atoms. The van der Waals surface area contributed by atoms with E-state index in [1.54, 1.807) is 18.3 Å². The number of thiazole rings is 1. The van der Waals surface area contributed by atoms with Gasteiger partial charge in [0.05, 0.1) is 17.2 Å². The van der Waals surface area contributed by atoms with Gasteiger partial charge in [-0.1, -0.05) is 12.1 Å². The molecule has 1 aromatic carbocycles. The molecular formula is C14H14N2O3S. The fraction of sp³-hybridized carbons (Fsp3) is 0.214. The van der Waals surface area contributed by atoms with Gasteiger partial charge in [0.1, 0.15) is 5.01 Å². The van der Waals surface area contributed by atoms with Crippen LogP contribution in [0, 0.1) is 6.92 Å². The first-order chi connectivity index (χ1) is 9.49. The van der Waals surface area contributed by atoms with Crippen LogP contribution in [0.3, 0.4) is 0 Å². The Labute approximate surface area is 120 Å². The Balaban J connectivity index is 2.18. The molecule has 0 fully saturated rings. The van der Waals surface area contributed by atoms with E-state index in [-0.39, 0.29) is 17.2 Å². The molecule has 0 aliphatic carbocycles. The maximum Gasteiger partial charge on any atom is 0.336 e. The molecule has 1 atom stereocenters. The number of carboxylic acids is 1. The largest absolute Gasteiger partial charge is 0.478 e. The van der Waals surface area contributed by atoms with Crippen LogP contribution in [0.15, 0.2) is 30.5 Å². The predicted molar refractivity (Wildman–Crippen MR) is 76.1 cm³/mol. The minimum absolute atomic E-state index is 0.00693. The first kappa shape index (κ1) is 14.2. The topological polar surface area (TPSA) is 79.3 Å². The summed E-state index contributed by atoms with van der Waals surface area (Å²) < 4.78 is 0. The quantitative estimate of drug-likeness (QED) is 0.907. The molecule has 0 bridgehead atoms. The van der Waals surface area contributed by atoms with E-state index in [0.29, 0.717) is 0 Å². The van der Waals surface area contributed by atoms with Gasteiger partial charge in [-0.15, -0.1) is 11.3 Å². The van der Waals surface area contributed by atoms with Crippen molar-refractivity contribution in [3.8, 4) is 0 Å². The van der Waals surface area contributed by atoms with Gasteiger partial charge in [-0.25, -0.2) is 9.78 Å². The second-order valence-electron chi connectivity index (χ2n) is 4.36. The second kappa shape index (κ2) is 5.83. The number of nitrogens with zero attached hydrogens (tertiary/aromatic N) is 1. The molecule has 0 aliphatic rings. The molecule has 2 aromatic rings. The standard InChI is InChI=1S/C14H14N2O3S/c1-8-7-15-13(20-8)9(2)16-12(17)10-5-3-4-6-11(10)14(18)19/h3-7,9H,1-2H3,(H,16,17)(H,18,19). The number of aromatic nitrogens is 1. The van der Waals surface area contributed by atoms with Gasteiger partial charge in [-0.3, -0.25) is 4.79 Å². The predicted octanol–water partition coefficient (Wildman–Crippen LogP) is 2.64.